The van der Waals surface area contributed by atoms with Crippen LogP contribution in [-0.2, 0) is 4.79 Å². The summed E-state index contributed by atoms with van der Waals surface area (Å²) in [6.07, 6.45) is 1.89. The fourth-order valence-corrected chi connectivity index (χ4v) is 1.64. The van der Waals surface area contributed by atoms with Crippen LogP contribution in [0.1, 0.15) is 0 Å². The Labute approximate surface area is 87.5 Å². The number of thioether (sulfide) groups is 1. The van der Waals surface area contributed by atoms with Crippen molar-refractivity contribution in [2.24, 2.45) is 0 Å². The molecule has 0 spiro atoms. The Bertz CT molecular complexity index is 289. The Morgan fingerprint density at radius 1 is 1.50 bits per heavy atom. The summed E-state index contributed by atoms with van der Waals surface area (Å²) >= 11 is 1.51. The monoisotopic (exact) mass is 211 g/mol. The molecule has 1 aromatic carbocycles. The molecule has 0 radical (unpaired) electrons. The van der Waals surface area contributed by atoms with Crippen LogP contribution in [-0.4, -0.2) is 29.1 Å². The van der Waals surface area contributed by atoms with Crippen molar-refractivity contribution in [1.82, 2.24) is 0 Å². The number of benzene rings is 1. The van der Waals surface area contributed by atoms with Crippen LogP contribution in [0.25, 0.3) is 0 Å². The van der Waals surface area contributed by atoms with Crippen molar-refractivity contribution in [3.8, 4) is 0 Å². The van der Waals surface area contributed by atoms with E-state index in [1.54, 1.807) is 0 Å². The second kappa shape index (κ2) is 5.54. The van der Waals surface area contributed by atoms with Gasteiger partial charge in [0.2, 0.25) is 0 Å². The highest BCUT2D eigenvalue weighted by Gasteiger charge is 2.15. The minimum Gasteiger partial charge on any atom is -0.480 e. The Morgan fingerprint density at radius 3 is 2.64 bits per heavy atom. The zero-order valence-corrected chi connectivity index (χ0v) is 8.75. The van der Waals surface area contributed by atoms with E-state index in [1.165, 1.54) is 11.8 Å². The lowest BCUT2D eigenvalue weighted by molar-refractivity contribution is -0.137. The SMILES string of the molecule is CSC[C@H](Nc1ccccc1)C(=O)O. The normalized spacial score (nSPS) is 12.1. The lowest BCUT2D eigenvalue weighted by Crippen LogP contribution is -2.31. The fourth-order valence-electron chi connectivity index (χ4n) is 1.08. The zero-order valence-electron chi connectivity index (χ0n) is 7.93. The third-order valence-electron chi connectivity index (χ3n) is 1.75. The summed E-state index contributed by atoms with van der Waals surface area (Å²) in [5.41, 5.74) is 0.842. The van der Waals surface area contributed by atoms with Gasteiger partial charge in [0.05, 0.1) is 0 Å². The van der Waals surface area contributed by atoms with Gasteiger partial charge in [0.15, 0.2) is 0 Å². The molecule has 1 atom stereocenters. The van der Waals surface area contributed by atoms with Crippen molar-refractivity contribution in [3.05, 3.63) is 30.3 Å². The molecular weight excluding hydrogens is 198 g/mol. The van der Waals surface area contributed by atoms with Crippen LogP contribution in [0.15, 0.2) is 30.3 Å². The van der Waals surface area contributed by atoms with Gasteiger partial charge in [0, 0.05) is 11.4 Å². The molecule has 0 saturated carbocycles. The molecule has 3 nitrogen and oxygen atoms in total. The van der Waals surface area contributed by atoms with Crippen LogP contribution >= 0.6 is 11.8 Å². The number of anilines is 1. The third-order valence-corrected chi connectivity index (χ3v) is 2.41. The first kappa shape index (κ1) is 10.9. The smallest absolute Gasteiger partial charge is 0.326 e. The minimum absolute atomic E-state index is 0.521. The molecule has 0 aliphatic heterocycles. The van der Waals surface area contributed by atoms with Crippen molar-refractivity contribution < 1.29 is 9.90 Å². The quantitative estimate of drug-likeness (QED) is 0.781. The van der Waals surface area contributed by atoms with E-state index >= 15 is 0 Å². The second-order valence-corrected chi connectivity index (χ2v) is 3.77. The number of aliphatic carboxylic acids is 1. The topological polar surface area (TPSA) is 49.3 Å². The molecule has 2 N–H and O–H groups in total. The third kappa shape index (κ3) is 3.30. The molecule has 0 saturated heterocycles. The molecular formula is C10H13NO2S. The van der Waals surface area contributed by atoms with Gasteiger partial charge in [-0.05, 0) is 18.4 Å². The first-order chi connectivity index (χ1) is 6.74. The highest BCUT2D eigenvalue weighted by atomic mass is 32.2. The molecule has 0 unspecified atom stereocenters. The van der Waals surface area contributed by atoms with E-state index in [-0.39, 0.29) is 0 Å². The van der Waals surface area contributed by atoms with Crippen LogP contribution < -0.4 is 5.32 Å². The Morgan fingerprint density at radius 2 is 2.14 bits per heavy atom. The van der Waals surface area contributed by atoms with E-state index in [9.17, 15) is 4.79 Å². The van der Waals surface area contributed by atoms with E-state index < -0.39 is 12.0 Å². The number of carboxylic acids is 1. The van der Waals surface area contributed by atoms with Crippen molar-refractivity contribution in [3.63, 3.8) is 0 Å². The van der Waals surface area contributed by atoms with Gasteiger partial charge < -0.3 is 10.4 Å². The fraction of sp³-hybridized carbons (Fsp3) is 0.300. The molecule has 0 fully saturated rings. The highest BCUT2D eigenvalue weighted by molar-refractivity contribution is 7.98. The summed E-state index contributed by atoms with van der Waals surface area (Å²) in [4.78, 5) is 10.8. The Kier molecular flexibility index (Phi) is 4.32. The van der Waals surface area contributed by atoms with E-state index in [4.69, 9.17) is 5.11 Å². The second-order valence-electron chi connectivity index (χ2n) is 2.86. The molecule has 76 valence electrons. The lowest BCUT2D eigenvalue weighted by atomic mass is 10.2. The largest absolute Gasteiger partial charge is 0.480 e. The standard InChI is InChI=1S/C10H13NO2S/c1-14-7-9(10(12)13)11-8-5-3-2-4-6-8/h2-6,9,11H,7H2,1H3,(H,12,13)/t9-/m0/s1. The molecule has 0 aromatic heterocycles. The predicted octanol–water partition coefficient (Wildman–Crippen LogP) is 1.91. The molecule has 14 heavy (non-hydrogen) atoms. The number of nitrogens with one attached hydrogen (secondary N) is 1. The van der Waals surface area contributed by atoms with Crippen LogP contribution in [0.5, 0.6) is 0 Å². The van der Waals surface area contributed by atoms with Crippen molar-refractivity contribution in [2.45, 2.75) is 6.04 Å². The predicted molar refractivity (Wildman–Crippen MR) is 59.9 cm³/mol. The van der Waals surface area contributed by atoms with E-state index in [0.717, 1.165) is 5.69 Å². The maximum absolute atomic E-state index is 10.8. The van der Waals surface area contributed by atoms with Gasteiger partial charge in [-0.1, -0.05) is 18.2 Å². The van der Waals surface area contributed by atoms with Gasteiger partial charge in [-0.25, -0.2) is 4.79 Å². The first-order valence-electron chi connectivity index (χ1n) is 4.27. The molecule has 0 bridgehead atoms. The molecule has 0 aliphatic rings. The first-order valence-corrected chi connectivity index (χ1v) is 5.66. The highest BCUT2D eigenvalue weighted by Crippen LogP contribution is 2.09. The lowest BCUT2D eigenvalue weighted by Gasteiger charge is -2.14. The maximum Gasteiger partial charge on any atom is 0.326 e. The van der Waals surface area contributed by atoms with Gasteiger partial charge in [-0.15, -0.1) is 0 Å². The summed E-state index contributed by atoms with van der Waals surface area (Å²) in [7, 11) is 0. The summed E-state index contributed by atoms with van der Waals surface area (Å²) < 4.78 is 0. The number of carbonyl (C=O) groups is 1. The minimum atomic E-state index is -0.816. The van der Waals surface area contributed by atoms with E-state index in [0.29, 0.717) is 5.75 Å². The number of carboxylic acid groups (broad SMARTS) is 1. The maximum atomic E-state index is 10.8. The molecule has 1 rings (SSSR count). The number of hydrogen-bond donors (Lipinski definition) is 2. The van der Waals surface area contributed by atoms with Gasteiger partial charge in [0.1, 0.15) is 6.04 Å². The number of rotatable bonds is 5. The summed E-state index contributed by atoms with van der Waals surface area (Å²) in [5, 5.41) is 11.8. The van der Waals surface area contributed by atoms with Crippen molar-refractivity contribution in [2.75, 3.05) is 17.3 Å². The molecule has 1 aromatic rings. The molecule has 0 aliphatic carbocycles. The van der Waals surface area contributed by atoms with Crippen LogP contribution in [0.4, 0.5) is 5.69 Å². The van der Waals surface area contributed by atoms with E-state index in [1.807, 2.05) is 36.6 Å². The molecule has 0 amide bonds. The Hall–Kier alpha value is -1.16. The molecule has 0 heterocycles. The van der Waals surface area contributed by atoms with E-state index in [2.05, 4.69) is 5.32 Å². The van der Waals surface area contributed by atoms with Crippen molar-refractivity contribution in [1.29, 1.82) is 0 Å². The average molecular weight is 211 g/mol. The van der Waals surface area contributed by atoms with Gasteiger partial charge in [-0.3, -0.25) is 0 Å². The summed E-state index contributed by atoms with van der Waals surface area (Å²) in [6.45, 7) is 0. The summed E-state index contributed by atoms with van der Waals surface area (Å²) in [6, 6.07) is 8.84. The van der Waals surface area contributed by atoms with Crippen LogP contribution in [0.2, 0.25) is 0 Å². The molecule has 4 heteroatoms. The van der Waals surface area contributed by atoms with Crippen molar-refractivity contribution >= 4 is 23.4 Å². The van der Waals surface area contributed by atoms with Crippen LogP contribution in [0, 0.1) is 0 Å². The van der Waals surface area contributed by atoms with Gasteiger partial charge in [0.25, 0.3) is 0 Å². The number of hydrogen-bond acceptors (Lipinski definition) is 3. The Balaban J connectivity index is 2.60. The average Bonchev–Trinajstić information content (AvgIpc) is 2.18. The zero-order chi connectivity index (χ0) is 10.4. The summed E-state index contributed by atoms with van der Waals surface area (Å²) in [5.74, 6) is -0.257. The van der Waals surface area contributed by atoms with Gasteiger partial charge in [-0.2, -0.15) is 11.8 Å². The van der Waals surface area contributed by atoms with Gasteiger partial charge >= 0.3 is 5.97 Å². The number of para-hydroxylation sites is 1. The van der Waals surface area contributed by atoms with Crippen LogP contribution in [0.3, 0.4) is 0 Å².